The van der Waals surface area contributed by atoms with Crippen LogP contribution in [0.2, 0.25) is 13.1 Å². The van der Waals surface area contributed by atoms with Crippen molar-refractivity contribution in [2.24, 2.45) is 0 Å². The Balaban J connectivity index is 1.99. The first-order chi connectivity index (χ1) is 9.17. The maximum Gasteiger partial charge on any atom is 0.219 e. The van der Waals surface area contributed by atoms with E-state index in [1.807, 2.05) is 6.07 Å². The number of benzene rings is 2. The molecule has 1 aliphatic heterocycles. The monoisotopic (exact) mass is 266 g/mol. The Morgan fingerprint density at radius 3 is 2.05 bits per heavy atom. The molecule has 0 spiro atoms. The molecule has 0 N–H and O–H groups in total. The van der Waals surface area contributed by atoms with E-state index in [0.29, 0.717) is 0 Å². The van der Waals surface area contributed by atoms with Gasteiger partial charge in [0.05, 0.1) is 6.10 Å². The Morgan fingerprint density at radius 1 is 0.842 bits per heavy atom. The third-order valence-electron chi connectivity index (χ3n) is 3.60. The van der Waals surface area contributed by atoms with Crippen LogP contribution in [0.25, 0.3) is 5.20 Å². The van der Waals surface area contributed by atoms with Gasteiger partial charge in [0.1, 0.15) is 0 Å². The minimum atomic E-state index is -1.80. The highest BCUT2D eigenvalue weighted by atomic mass is 28.4. The predicted octanol–water partition coefficient (Wildman–Crippen LogP) is 4.59. The molecule has 1 heterocycles. The lowest BCUT2D eigenvalue weighted by molar-refractivity contribution is 0.264. The fourth-order valence-corrected chi connectivity index (χ4v) is 5.02. The van der Waals surface area contributed by atoms with Crippen LogP contribution in [0.4, 0.5) is 0 Å². The van der Waals surface area contributed by atoms with Crippen LogP contribution in [0.3, 0.4) is 0 Å². The second kappa shape index (κ2) is 4.80. The topological polar surface area (TPSA) is 9.23 Å². The van der Waals surface area contributed by atoms with Gasteiger partial charge in [-0.15, -0.1) is 0 Å². The van der Waals surface area contributed by atoms with Crippen LogP contribution in [0.15, 0.2) is 66.7 Å². The second-order valence-electron chi connectivity index (χ2n) is 5.41. The minimum Gasteiger partial charge on any atom is -0.403 e. The summed E-state index contributed by atoms with van der Waals surface area (Å²) < 4.78 is 6.35. The first-order valence-electron chi connectivity index (χ1n) is 6.67. The van der Waals surface area contributed by atoms with Gasteiger partial charge in [-0.2, -0.15) is 0 Å². The van der Waals surface area contributed by atoms with Gasteiger partial charge >= 0.3 is 0 Å². The molecule has 1 nitrogen and oxygen atoms in total. The van der Waals surface area contributed by atoms with E-state index in [4.69, 9.17) is 4.43 Å². The average Bonchev–Trinajstić information content (AvgIpc) is 2.77. The van der Waals surface area contributed by atoms with E-state index >= 15 is 0 Å². The smallest absolute Gasteiger partial charge is 0.219 e. The van der Waals surface area contributed by atoms with Crippen LogP contribution in [0.5, 0.6) is 0 Å². The SMILES string of the molecule is C[Si]1(C)OC(c2ccccc2)C=C1c1ccccc1. The lowest BCUT2D eigenvalue weighted by Gasteiger charge is -2.21. The molecule has 0 aliphatic carbocycles. The van der Waals surface area contributed by atoms with E-state index in [9.17, 15) is 0 Å². The summed E-state index contributed by atoms with van der Waals surface area (Å²) in [6.45, 7) is 4.55. The molecule has 1 atom stereocenters. The van der Waals surface area contributed by atoms with Crippen LogP contribution in [0.1, 0.15) is 17.2 Å². The van der Waals surface area contributed by atoms with Crippen molar-refractivity contribution in [1.29, 1.82) is 0 Å². The lowest BCUT2D eigenvalue weighted by Crippen LogP contribution is -2.28. The quantitative estimate of drug-likeness (QED) is 0.723. The third-order valence-corrected chi connectivity index (χ3v) is 6.20. The Morgan fingerprint density at radius 2 is 1.42 bits per heavy atom. The van der Waals surface area contributed by atoms with Crippen molar-refractivity contribution in [3.63, 3.8) is 0 Å². The van der Waals surface area contributed by atoms with E-state index in [2.05, 4.69) is 73.8 Å². The Labute approximate surface area is 115 Å². The van der Waals surface area contributed by atoms with Gasteiger partial charge in [-0.1, -0.05) is 66.7 Å². The number of rotatable bonds is 2. The standard InChI is InChI=1S/C17H18OSi/c1-19(2)17(15-11-7-4-8-12-15)13-16(18-19)14-9-5-3-6-10-14/h3-13,16H,1-2H3. The van der Waals surface area contributed by atoms with Crippen molar-refractivity contribution in [3.8, 4) is 0 Å². The Bertz CT molecular complexity index is 587. The molecular formula is C17H18OSi. The van der Waals surface area contributed by atoms with Crippen molar-refractivity contribution in [3.05, 3.63) is 77.9 Å². The summed E-state index contributed by atoms with van der Waals surface area (Å²) in [7, 11) is -1.80. The molecule has 19 heavy (non-hydrogen) atoms. The maximum absolute atomic E-state index is 6.35. The summed E-state index contributed by atoms with van der Waals surface area (Å²) in [6, 6.07) is 21.1. The summed E-state index contributed by atoms with van der Waals surface area (Å²) in [5.74, 6) is 0. The lowest BCUT2D eigenvalue weighted by atomic mass is 10.1. The van der Waals surface area contributed by atoms with Crippen LogP contribution in [-0.4, -0.2) is 8.32 Å². The summed E-state index contributed by atoms with van der Waals surface area (Å²) >= 11 is 0. The molecule has 2 aromatic rings. The molecular weight excluding hydrogens is 248 g/mol. The molecule has 0 saturated heterocycles. The number of hydrogen-bond donors (Lipinski definition) is 0. The van der Waals surface area contributed by atoms with Gasteiger partial charge in [-0.3, -0.25) is 0 Å². The molecule has 96 valence electrons. The van der Waals surface area contributed by atoms with E-state index < -0.39 is 8.32 Å². The van der Waals surface area contributed by atoms with E-state index in [0.717, 1.165) is 0 Å². The first-order valence-corrected chi connectivity index (χ1v) is 9.58. The molecule has 2 aromatic carbocycles. The van der Waals surface area contributed by atoms with E-state index in [1.54, 1.807) is 0 Å². The van der Waals surface area contributed by atoms with Crippen molar-refractivity contribution in [2.45, 2.75) is 19.2 Å². The maximum atomic E-state index is 6.35. The van der Waals surface area contributed by atoms with Gasteiger partial charge in [0, 0.05) is 0 Å². The van der Waals surface area contributed by atoms with Gasteiger partial charge in [-0.05, 0) is 29.4 Å². The van der Waals surface area contributed by atoms with Gasteiger partial charge in [-0.25, -0.2) is 0 Å². The molecule has 1 unspecified atom stereocenters. The predicted molar refractivity (Wildman–Crippen MR) is 82.2 cm³/mol. The fourth-order valence-electron chi connectivity index (χ4n) is 2.64. The van der Waals surface area contributed by atoms with Crippen LogP contribution in [0, 0.1) is 0 Å². The largest absolute Gasteiger partial charge is 0.403 e. The van der Waals surface area contributed by atoms with Gasteiger partial charge in [0.15, 0.2) is 0 Å². The highest BCUT2D eigenvalue weighted by Crippen LogP contribution is 2.40. The van der Waals surface area contributed by atoms with E-state index in [1.165, 1.54) is 16.3 Å². The third kappa shape index (κ3) is 2.42. The molecule has 0 saturated carbocycles. The van der Waals surface area contributed by atoms with Crippen LogP contribution in [-0.2, 0) is 4.43 Å². The van der Waals surface area contributed by atoms with Crippen molar-refractivity contribution in [1.82, 2.24) is 0 Å². The average molecular weight is 266 g/mol. The van der Waals surface area contributed by atoms with Crippen LogP contribution < -0.4 is 0 Å². The van der Waals surface area contributed by atoms with Gasteiger partial charge < -0.3 is 4.43 Å². The highest BCUT2D eigenvalue weighted by Gasteiger charge is 2.37. The molecule has 0 radical (unpaired) electrons. The number of hydrogen-bond acceptors (Lipinski definition) is 1. The van der Waals surface area contributed by atoms with Crippen molar-refractivity contribution >= 4 is 13.5 Å². The van der Waals surface area contributed by atoms with E-state index in [-0.39, 0.29) is 6.10 Å². The zero-order valence-corrected chi connectivity index (χ0v) is 12.3. The molecule has 0 fully saturated rings. The van der Waals surface area contributed by atoms with Crippen molar-refractivity contribution < 1.29 is 4.43 Å². The second-order valence-corrected chi connectivity index (χ2v) is 9.20. The summed E-state index contributed by atoms with van der Waals surface area (Å²) in [5, 5.41) is 1.40. The van der Waals surface area contributed by atoms with Gasteiger partial charge in [0.2, 0.25) is 8.32 Å². The van der Waals surface area contributed by atoms with Crippen molar-refractivity contribution in [2.75, 3.05) is 0 Å². The molecule has 0 bridgehead atoms. The van der Waals surface area contributed by atoms with Crippen LogP contribution >= 0.6 is 0 Å². The Hall–Kier alpha value is -1.64. The zero-order valence-electron chi connectivity index (χ0n) is 11.3. The normalized spacial score (nSPS) is 21.2. The zero-order chi connectivity index (χ0) is 13.3. The van der Waals surface area contributed by atoms with Gasteiger partial charge in [0.25, 0.3) is 0 Å². The summed E-state index contributed by atoms with van der Waals surface area (Å²) in [5.41, 5.74) is 2.55. The Kier molecular flexibility index (Phi) is 3.13. The summed E-state index contributed by atoms with van der Waals surface area (Å²) in [4.78, 5) is 0. The first kappa shape index (κ1) is 12.4. The minimum absolute atomic E-state index is 0.109. The molecule has 3 rings (SSSR count). The highest BCUT2D eigenvalue weighted by molar-refractivity contribution is 6.90. The molecule has 2 heteroatoms. The molecule has 0 aromatic heterocycles. The summed E-state index contributed by atoms with van der Waals surface area (Å²) in [6.07, 6.45) is 2.41. The molecule has 0 amide bonds. The molecule has 1 aliphatic rings. The fraction of sp³-hybridized carbons (Fsp3) is 0.176.